The molecule has 28 heavy (non-hydrogen) atoms. The van der Waals surface area contributed by atoms with Crippen LogP contribution in [-0.2, 0) is 29.2 Å². The summed E-state index contributed by atoms with van der Waals surface area (Å²) in [5.74, 6) is -2.57. The molecule has 12 heteroatoms. The fourth-order valence-corrected chi connectivity index (χ4v) is 6.45. The molecule has 0 aromatic heterocycles. The van der Waals surface area contributed by atoms with Gasteiger partial charge in [-0.05, 0) is 12.8 Å². The van der Waals surface area contributed by atoms with Gasteiger partial charge in [-0.25, -0.2) is 9.59 Å². The Labute approximate surface area is 166 Å². The Morgan fingerprint density at radius 2 is 1.96 bits per heavy atom. The number of thioether (sulfide) groups is 1. The van der Waals surface area contributed by atoms with Crippen LogP contribution in [0.5, 0.6) is 0 Å². The van der Waals surface area contributed by atoms with Crippen molar-refractivity contribution < 1.29 is 41.8 Å². The summed E-state index contributed by atoms with van der Waals surface area (Å²) in [5.41, 5.74) is 2.57. The highest BCUT2D eigenvalue weighted by molar-refractivity contribution is 8.00. The Bertz CT molecular complexity index is 840. The van der Waals surface area contributed by atoms with Crippen LogP contribution in [0.4, 0.5) is 0 Å². The summed E-state index contributed by atoms with van der Waals surface area (Å²) in [6, 6.07) is 0. The van der Waals surface area contributed by atoms with Crippen molar-refractivity contribution in [1.82, 2.24) is 5.43 Å². The lowest BCUT2D eigenvalue weighted by Crippen LogP contribution is -2.81. The Hall–Kier alpha value is -1.47. The van der Waals surface area contributed by atoms with Gasteiger partial charge in [-0.3, -0.25) is 9.35 Å². The van der Waals surface area contributed by atoms with E-state index in [4.69, 9.17) is 4.74 Å². The molecule has 3 unspecified atom stereocenters. The molecule has 0 aromatic rings. The van der Waals surface area contributed by atoms with Crippen LogP contribution < -0.4 is 5.43 Å². The van der Waals surface area contributed by atoms with E-state index in [2.05, 4.69) is 5.43 Å². The van der Waals surface area contributed by atoms with Crippen LogP contribution >= 0.6 is 11.8 Å². The third kappa shape index (κ3) is 3.59. The highest BCUT2D eigenvalue weighted by Gasteiger charge is 2.71. The first kappa shape index (κ1) is 21.2. The van der Waals surface area contributed by atoms with E-state index < -0.39 is 49.2 Å². The SMILES string of the molecule is CC(=O)OCC1=C(C(=O)O)[N+]23NC(S(=O)(=O)O)CCCCC[C@H](C2=O)C3SC1. The second-order valence-electron chi connectivity index (χ2n) is 7.18. The van der Waals surface area contributed by atoms with Crippen molar-refractivity contribution in [1.29, 1.82) is 0 Å². The van der Waals surface area contributed by atoms with Crippen LogP contribution in [0.2, 0.25) is 0 Å². The summed E-state index contributed by atoms with van der Waals surface area (Å²) >= 11 is 1.33. The highest BCUT2D eigenvalue weighted by atomic mass is 32.2. The molecule has 0 saturated carbocycles. The van der Waals surface area contributed by atoms with Gasteiger partial charge in [0.05, 0.1) is 0 Å². The van der Waals surface area contributed by atoms with Gasteiger partial charge in [0.2, 0.25) is 5.70 Å². The zero-order valence-electron chi connectivity index (χ0n) is 15.3. The van der Waals surface area contributed by atoms with Gasteiger partial charge in [-0.15, -0.1) is 10.0 Å². The van der Waals surface area contributed by atoms with E-state index in [-0.39, 0.29) is 30.1 Å². The Morgan fingerprint density at radius 3 is 2.57 bits per heavy atom. The Morgan fingerprint density at radius 1 is 1.29 bits per heavy atom. The van der Waals surface area contributed by atoms with E-state index in [1.54, 1.807) is 0 Å². The van der Waals surface area contributed by atoms with Crippen molar-refractivity contribution in [3.63, 3.8) is 0 Å². The summed E-state index contributed by atoms with van der Waals surface area (Å²) in [6.45, 7) is 0.889. The zero-order valence-corrected chi connectivity index (χ0v) is 16.9. The molecule has 0 aliphatic carbocycles. The van der Waals surface area contributed by atoms with Crippen LogP contribution in [0, 0.1) is 5.92 Å². The molecule has 10 nitrogen and oxygen atoms in total. The number of nitrogens with zero attached hydrogens (tertiary/aromatic N) is 1. The fourth-order valence-electron chi connectivity index (χ4n) is 4.11. The van der Waals surface area contributed by atoms with Crippen LogP contribution in [0.25, 0.3) is 0 Å². The lowest BCUT2D eigenvalue weighted by molar-refractivity contribution is -0.905. The van der Waals surface area contributed by atoms with E-state index in [0.29, 0.717) is 19.3 Å². The summed E-state index contributed by atoms with van der Waals surface area (Å²) in [7, 11) is -4.56. The number of aliphatic carboxylic acids is 1. The molecule has 2 fully saturated rings. The quantitative estimate of drug-likeness (QED) is 0.248. The lowest BCUT2D eigenvalue weighted by atomic mass is 9.87. The zero-order chi connectivity index (χ0) is 20.7. The first-order chi connectivity index (χ1) is 13.1. The smallest absolute Gasteiger partial charge is 0.393 e. The molecular weight excluding hydrogens is 412 g/mol. The van der Waals surface area contributed by atoms with Crippen molar-refractivity contribution in [2.75, 3.05) is 12.4 Å². The van der Waals surface area contributed by atoms with Crippen molar-refractivity contribution in [2.45, 2.75) is 49.8 Å². The number of carboxylic acids is 1. The number of nitrogens with one attached hydrogen (secondary N) is 1. The number of fused-ring (bicyclic) bond motifs is 2. The number of hydrogen-bond acceptors (Lipinski definition) is 8. The van der Waals surface area contributed by atoms with Gasteiger partial charge in [0.15, 0.2) is 10.7 Å². The number of carboxylic acid groups (broad SMARTS) is 1. The van der Waals surface area contributed by atoms with Gasteiger partial charge in [0.25, 0.3) is 10.1 Å². The molecule has 156 valence electrons. The third-order valence-corrected chi connectivity index (χ3v) is 7.91. The molecule has 0 aromatic carbocycles. The first-order valence-corrected chi connectivity index (χ1v) is 11.5. The molecule has 3 N–H and O–H groups in total. The maximum atomic E-state index is 13.1. The third-order valence-electron chi connectivity index (χ3n) is 5.35. The largest absolute Gasteiger partial charge is 0.474 e. The Balaban J connectivity index is 2.11. The van der Waals surface area contributed by atoms with Crippen LogP contribution in [0.1, 0.15) is 39.0 Å². The number of quaternary nitrogens is 1. The number of hydrogen-bond donors (Lipinski definition) is 3. The minimum Gasteiger partial charge on any atom is -0.474 e. The van der Waals surface area contributed by atoms with Gasteiger partial charge >= 0.3 is 17.8 Å². The molecule has 0 radical (unpaired) electrons. The van der Waals surface area contributed by atoms with Gasteiger partial charge < -0.3 is 9.84 Å². The van der Waals surface area contributed by atoms with Gasteiger partial charge in [-0.2, -0.15) is 8.42 Å². The van der Waals surface area contributed by atoms with Crippen LogP contribution in [0.3, 0.4) is 0 Å². The molecule has 1 spiro atoms. The molecule has 3 aliphatic heterocycles. The number of rotatable bonds is 4. The van der Waals surface area contributed by atoms with E-state index >= 15 is 0 Å². The van der Waals surface area contributed by atoms with Gasteiger partial charge in [0, 0.05) is 18.2 Å². The average molecular weight is 436 g/mol. The van der Waals surface area contributed by atoms with Crippen molar-refractivity contribution in [3.8, 4) is 0 Å². The van der Waals surface area contributed by atoms with Gasteiger partial charge in [0.1, 0.15) is 12.5 Å². The number of ether oxygens (including phenoxy) is 1. The van der Waals surface area contributed by atoms with Crippen molar-refractivity contribution in [2.24, 2.45) is 5.92 Å². The topological polar surface area (TPSA) is 147 Å². The number of carbonyl (C=O) groups is 3. The van der Waals surface area contributed by atoms with Crippen LogP contribution in [0.15, 0.2) is 11.3 Å². The van der Waals surface area contributed by atoms with Gasteiger partial charge in [-0.1, -0.05) is 31.0 Å². The maximum Gasteiger partial charge on any atom is 0.393 e. The standard InChI is InChI=1S/C16H22N2O8S2/c1-9(19)26-7-10-8-27-15-11-5-3-2-4-6-12(28(23,24)25)17-18(15,14(11)20)13(10)16(21)22/h11-12,15,17H,2-8H2,1H3,(H-,21,22,23,24,25)/p+1/t11-,12?,15?,18?/m1/s1. The highest BCUT2D eigenvalue weighted by Crippen LogP contribution is 2.51. The van der Waals surface area contributed by atoms with E-state index in [1.165, 1.54) is 18.7 Å². The monoisotopic (exact) mass is 435 g/mol. The first-order valence-electron chi connectivity index (χ1n) is 8.97. The maximum absolute atomic E-state index is 13.1. The van der Waals surface area contributed by atoms with E-state index in [0.717, 1.165) is 6.42 Å². The van der Waals surface area contributed by atoms with E-state index in [9.17, 15) is 32.5 Å². The minimum atomic E-state index is -4.56. The second kappa shape index (κ2) is 7.75. The normalized spacial score (nSPS) is 33.5. The van der Waals surface area contributed by atoms with Crippen molar-refractivity contribution in [3.05, 3.63) is 11.3 Å². The number of β-lactam (4-membered cyclic amide) rings is 1. The summed E-state index contributed by atoms with van der Waals surface area (Å²) in [5, 5.41) is 7.89. The molecule has 1 amide bonds. The molecule has 3 heterocycles. The summed E-state index contributed by atoms with van der Waals surface area (Å²) < 4.78 is 37.5. The molecule has 3 rings (SSSR count). The minimum absolute atomic E-state index is 0.0559. The number of esters is 1. The average Bonchev–Trinajstić information content (AvgIpc) is 2.60. The number of carbonyl (C=O) groups excluding carboxylic acids is 2. The second-order valence-corrected chi connectivity index (χ2v) is 9.88. The molecule has 2 bridgehead atoms. The molecule has 3 aliphatic rings. The number of amides is 1. The summed E-state index contributed by atoms with van der Waals surface area (Å²) in [4.78, 5) is 36.4. The molecular formula is C16H23N2O8S2+. The van der Waals surface area contributed by atoms with E-state index in [1.807, 2.05) is 0 Å². The summed E-state index contributed by atoms with van der Waals surface area (Å²) in [6.07, 6.45) is 2.61. The molecule has 2 saturated heterocycles. The lowest BCUT2D eigenvalue weighted by Gasteiger charge is -2.55. The fraction of sp³-hybridized carbons (Fsp3) is 0.688. The van der Waals surface area contributed by atoms with Crippen molar-refractivity contribution >= 4 is 39.7 Å². The predicted molar refractivity (Wildman–Crippen MR) is 97.9 cm³/mol. The molecule has 4 atom stereocenters. The van der Waals surface area contributed by atoms with Crippen LogP contribution in [-0.4, -0.2) is 63.6 Å². The predicted octanol–water partition coefficient (Wildman–Crippen LogP) is 0.617. The Kier molecular flexibility index (Phi) is 5.88.